The molecule has 0 spiro atoms. The molecular formula is C22H25N5O3. The van der Waals surface area contributed by atoms with Crippen LogP contribution in [0.3, 0.4) is 0 Å². The molecule has 8 nitrogen and oxygen atoms in total. The summed E-state index contributed by atoms with van der Waals surface area (Å²) in [5.41, 5.74) is 4.16. The molecule has 30 heavy (non-hydrogen) atoms. The summed E-state index contributed by atoms with van der Waals surface area (Å²) < 4.78 is 11.8. The Hall–Kier alpha value is -3.26. The number of nitrogens with zero attached hydrogens (tertiary/aromatic N) is 5. The van der Waals surface area contributed by atoms with Crippen LogP contribution in [0.15, 0.2) is 42.7 Å². The van der Waals surface area contributed by atoms with Gasteiger partial charge < -0.3 is 19.3 Å². The van der Waals surface area contributed by atoms with Crippen molar-refractivity contribution in [3.05, 3.63) is 42.7 Å². The molecule has 156 valence electrons. The number of ether oxygens (including phenoxy) is 2. The summed E-state index contributed by atoms with van der Waals surface area (Å²) in [5.74, 6) is 0.455. The molecule has 1 unspecified atom stereocenters. The predicted molar refractivity (Wildman–Crippen MR) is 115 cm³/mol. The van der Waals surface area contributed by atoms with E-state index in [1.807, 2.05) is 49.3 Å². The molecule has 1 aromatic carbocycles. The van der Waals surface area contributed by atoms with Gasteiger partial charge in [0.05, 0.1) is 24.4 Å². The number of rotatable bonds is 5. The fraction of sp³-hybridized carbons (Fsp3) is 0.364. The molecule has 0 N–H and O–H groups in total. The summed E-state index contributed by atoms with van der Waals surface area (Å²) in [5, 5.41) is 0. The van der Waals surface area contributed by atoms with E-state index in [1.165, 1.54) is 0 Å². The second-order valence-electron chi connectivity index (χ2n) is 7.45. The van der Waals surface area contributed by atoms with Crippen molar-refractivity contribution in [1.82, 2.24) is 19.9 Å². The highest BCUT2D eigenvalue weighted by Crippen LogP contribution is 2.28. The lowest BCUT2D eigenvalue weighted by Crippen LogP contribution is -2.46. The van der Waals surface area contributed by atoms with E-state index in [9.17, 15) is 4.79 Å². The SMILES string of the molecule is CC(=O)N1CCOC(COc2nc(-c3ccc(N(C)C)cc3)cc3nccnc23)C1. The van der Waals surface area contributed by atoms with Crippen LogP contribution in [-0.4, -0.2) is 72.3 Å². The fourth-order valence-corrected chi connectivity index (χ4v) is 3.40. The van der Waals surface area contributed by atoms with Gasteiger partial charge in [-0.2, -0.15) is 0 Å². The zero-order valence-electron chi connectivity index (χ0n) is 17.4. The number of morpholine rings is 1. The number of hydrogen-bond acceptors (Lipinski definition) is 7. The number of aromatic nitrogens is 3. The number of carbonyl (C=O) groups excluding carboxylic acids is 1. The molecule has 3 aromatic rings. The number of pyridine rings is 1. The summed E-state index contributed by atoms with van der Waals surface area (Å²) in [6, 6.07) is 10.1. The highest BCUT2D eigenvalue weighted by atomic mass is 16.5. The Morgan fingerprint density at radius 1 is 1.23 bits per heavy atom. The minimum Gasteiger partial charge on any atom is -0.473 e. The van der Waals surface area contributed by atoms with Crippen LogP contribution in [0.4, 0.5) is 5.69 Å². The van der Waals surface area contributed by atoms with Crippen LogP contribution in [0.25, 0.3) is 22.3 Å². The van der Waals surface area contributed by atoms with E-state index in [4.69, 9.17) is 14.5 Å². The maximum atomic E-state index is 11.7. The topological polar surface area (TPSA) is 80.7 Å². The van der Waals surface area contributed by atoms with E-state index >= 15 is 0 Å². The van der Waals surface area contributed by atoms with Gasteiger partial charge in [-0.15, -0.1) is 0 Å². The zero-order chi connectivity index (χ0) is 21.1. The van der Waals surface area contributed by atoms with Crippen molar-refractivity contribution in [2.24, 2.45) is 0 Å². The molecule has 3 heterocycles. The third kappa shape index (κ3) is 4.33. The van der Waals surface area contributed by atoms with Crippen LogP contribution < -0.4 is 9.64 Å². The van der Waals surface area contributed by atoms with Gasteiger partial charge in [0.1, 0.15) is 12.7 Å². The standard InChI is InChI=1S/C22H25N5O3/c1-15(28)27-10-11-29-18(13-27)14-30-22-21-20(23-8-9-24-21)12-19(25-22)16-4-6-17(7-5-16)26(2)3/h4-9,12,18H,10-11,13-14H2,1-3H3. The molecule has 1 fully saturated rings. The summed E-state index contributed by atoms with van der Waals surface area (Å²) in [7, 11) is 4.01. The predicted octanol–water partition coefficient (Wildman–Crippen LogP) is 2.38. The third-order valence-corrected chi connectivity index (χ3v) is 5.09. The normalized spacial score (nSPS) is 16.5. The van der Waals surface area contributed by atoms with Crippen molar-refractivity contribution in [2.75, 3.05) is 45.3 Å². The minimum absolute atomic E-state index is 0.0425. The smallest absolute Gasteiger partial charge is 0.242 e. The number of anilines is 1. The van der Waals surface area contributed by atoms with Gasteiger partial charge >= 0.3 is 0 Å². The lowest BCUT2D eigenvalue weighted by Gasteiger charge is -2.32. The Bertz CT molecular complexity index is 1040. The molecule has 0 saturated carbocycles. The quantitative estimate of drug-likeness (QED) is 0.642. The lowest BCUT2D eigenvalue weighted by atomic mass is 10.1. The molecule has 2 aromatic heterocycles. The largest absolute Gasteiger partial charge is 0.473 e. The monoisotopic (exact) mass is 407 g/mol. The first-order valence-corrected chi connectivity index (χ1v) is 9.90. The van der Waals surface area contributed by atoms with E-state index < -0.39 is 0 Å². The average Bonchev–Trinajstić information content (AvgIpc) is 2.77. The molecule has 1 aliphatic heterocycles. The minimum atomic E-state index is -0.209. The van der Waals surface area contributed by atoms with Crippen molar-refractivity contribution < 1.29 is 14.3 Å². The number of hydrogen-bond donors (Lipinski definition) is 0. The molecule has 8 heteroatoms. The van der Waals surface area contributed by atoms with Crippen LogP contribution in [0.5, 0.6) is 5.88 Å². The molecule has 1 saturated heterocycles. The molecule has 0 bridgehead atoms. The maximum absolute atomic E-state index is 11.7. The fourth-order valence-electron chi connectivity index (χ4n) is 3.40. The van der Waals surface area contributed by atoms with E-state index in [-0.39, 0.29) is 18.6 Å². The van der Waals surface area contributed by atoms with E-state index in [2.05, 4.69) is 9.97 Å². The summed E-state index contributed by atoms with van der Waals surface area (Å²) in [4.78, 5) is 29.0. The number of amides is 1. The van der Waals surface area contributed by atoms with Gasteiger partial charge in [0.2, 0.25) is 11.8 Å². The second kappa shape index (κ2) is 8.62. The van der Waals surface area contributed by atoms with Gasteiger partial charge in [-0.05, 0) is 18.2 Å². The first-order valence-electron chi connectivity index (χ1n) is 9.90. The molecular weight excluding hydrogens is 382 g/mol. The molecule has 1 amide bonds. The first kappa shape index (κ1) is 20.0. The summed E-state index contributed by atoms with van der Waals surface area (Å²) in [6.45, 7) is 3.46. The maximum Gasteiger partial charge on any atom is 0.242 e. The van der Waals surface area contributed by atoms with Crippen LogP contribution in [0.1, 0.15) is 6.92 Å². The Kier molecular flexibility index (Phi) is 5.76. The van der Waals surface area contributed by atoms with Crippen LogP contribution in [0.2, 0.25) is 0 Å². The van der Waals surface area contributed by atoms with Crippen LogP contribution in [-0.2, 0) is 9.53 Å². The Morgan fingerprint density at radius 2 is 2.00 bits per heavy atom. The first-order chi connectivity index (χ1) is 14.5. The molecule has 1 aliphatic rings. The van der Waals surface area contributed by atoms with Crippen molar-refractivity contribution in [3.8, 4) is 17.1 Å². The lowest BCUT2D eigenvalue weighted by molar-refractivity contribution is -0.137. The van der Waals surface area contributed by atoms with Crippen molar-refractivity contribution in [1.29, 1.82) is 0 Å². The van der Waals surface area contributed by atoms with E-state index in [0.717, 1.165) is 16.9 Å². The van der Waals surface area contributed by atoms with Crippen LogP contribution >= 0.6 is 0 Å². The van der Waals surface area contributed by atoms with Crippen molar-refractivity contribution in [3.63, 3.8) is 0 Å². The molecule has 4 rings (SSSR count). The van der Waals surface area contributed by atoms with Crippen molar-refractivity contribution in [2.45, 2.75) is 13.0 Å². The Labute approximate surface area is 175 Å². The third-order valence-electron chi connectivity index (χ3n) is 5.09. The van der Waals surface area contributed by atoms with Gasteiger partial charge in [0, 0.05) is 51.2 Å². The van der Waals surface area contributed by atoms with Crippen molar-refractivity contribution >= 4 is 22.6 Å². The van der Waals surface area contributed by atoms with Gasteiger partial charge in [0.25, 0.3) is 0 Å². The average molecular weight is 407 g/mol. The number of fused-ring (bicyclic) bond motifs is 1. The number of benzene rings is 1. The molecule has 1 atom stereocenters. The van der Waals surface area contributed by atoms with Gasteiger partial charge in [-0.3, -0.25) is 9.78 Å². The van der Waals surface area contributed by atoms with Gasteiger partial charge in [-0.25, -0.2) is 9.97 Å². The molecule has 0 radical (unpaired) electrons. The van der Waals surface area contributed by atoms with Crippen LogP contribution in [0, 0.1) is 0 Å². The summed E-state index contributed by atoms with van der Waals surface area (Å²) in [6.07, 6.45) is 3.07. The highest BCUT2D eigenvalue weighted by Gasteiger charge is 2.23. The van der Waals surface area contributed by atoms with E-state index in [0.29, 0.717) is 36.6 Å². The van der Waals surface area contributed by atoms with Gasteiger partial charge in [-0.1, -0.05) is 12.1 Å². The molecule has 0 aliphatic carbocycles. The van der Waals surface area contributed by atoms with Gasteiger partial charge in [0.15, 0.2) is 5.52 Å². The highest BCUT2D eigenvalue weighted by molar-refractivity contribution is 5.83. The number of carbonyl (C=O) groups is 1. The summed E-state index contributed by atoms with van der Waals surface area (Å²) >= 11 is 0. The van der Waals surface area contributed by atoms with E-state index in [1.54, 1.807) is 24.2 Å². The Balaban J connectivity index is 1.60. The Morgan fingerprint density at radius 3 is 2.73 bits per heavy atom. The second-order valence-corrected chi connectivity index (χ2v) is 7.45. The zero-order valence-corrected chi connectivity index (χ0v) is 17.4.